The first-order valence-electron chi connectivity index (χ1n) is 7.82. The summed E-state index contributed by atoms with van der Waals surface area (Å²) in [6.45, 7) is 6.15. The summed E-state index contributed by atoms with van der Waals surface area (Å²) >= 11 is 0. The highest BCUT2D eigenvalue weighted by Crippen LogP contribution is 2.35. The molecule has 0 aliphatic rings. The number of rotatable bonds is 3. The van der Waals surface area contributed by atoms with E-state index < -0.39 is 0 Å². The molecule has 1 nitrogen and oxygen atoms in total. The fourth-order valence-corrected chi connectivity index (χ4v) is 2.40. The quantitative estimate of drug-likeness (QED) is 0.532. The van der Waals surface area contributed by atoms with Gasteiger partial charge in [-0.1, -0.05) is 68.4 Å². The minimum absolute atomic E-state index is 1.17. The molecule has 0 fully saturated rings. The Labute approximate surface area is 133 Å². The average Bonchev–Trinajstić information content (AvgIpc) is 2.61. The number of nitrogens with zero attached hydrogens (tertiary/aromatic N) is 1. The third-order valence-electron chi connectivity index (χ3n) is 3.39. The fraction of sp³-hybridized carbons (Fsp3) is 0.143. The summed E-state index contributed by atoms with van der Waals surface area (Å²) < 4.78 is 0. The summed E-state index contributed by atoms with van der Waals surface area (Å²) in [6, 6.07) is 29.4. The van der Waals surface area contributed by atoms with E-state index in [0.717, 1.165) is 0 Å². The Morgan fingerprint density at radius 2 is 0.955 bits per heavy atom. The molecule has 0 N–H and O–H groups in total. The molecule has 0 aliphatic carbocycles. The van der Waals surface area contributed by atoms with Crippen LogP contribution in [-0.2, 0) is 0 Å². The Hall–Kier alpha value is -2.54. The Morgan fingerprint density at radius 3 is 1.41 bits per heavy atom. The van der Waals surface area contributed by atoms with Crippen LogP contribution >= 0.6 is 0 Å². The third kappa shape index (κ3) is 3.56. The second-order valence-electron chi connectivity index (χ2n) is 4.79. The van der Waals surface area contributed by atoms with Crippen LogP contribution in [0.5, 0.6) is 0 Å². The largest absolute Gasteiger partial charge is 0.310 e. The van der Waals surface area contributed by atoms with Gasteiger partial charge in [0.2, 0.25) is 0 Å². The van der Waals surface area contributed by atoms with Crippen LogP contribution in [0, 0.1) is 6.92 Å². The number of benzene rings is 3. The predicted molar refractivity (Wildman–Crippen MR) is 97.2 cm³/mol. The van der Waals surface area contributed by atoms with E-state index in [2.05, 4.69) is 84.6 Å². The zero-order chi connectivity index (χ0) is 15.8. The molecule has 0 saturated carbocycles. The molecule has 0 heterocycles. The first-order chi connectivity index (χ1) is 10.9. The Bertz CT molecular complexity index is 635. The summed E-state index contributed by atoms with van der Waals surface area (Å²) in [4.78, 5) is 2.29. The summed E-state index contributed by atoms with van der Waals surface area (Å²) in [6.07, 6.45) is 0. The van der Waals surface area contributed by atoms with Crippen molar-refractivity contribution in [3.8, 4) is 0 Å². The van der Waals surface area contributed by atoms with E-state index in [4.69, 9.17) is 0 Å². The lowest BCUT2D eigenvalue weighted by Gasteiger charge is -2.26. The Balaban J connectivity index is 0.000000847. The van der Waals surface area contributed by atoms with E-state index in [1.165, 1.54) is 22.6 Å². The van der Waals surface area contributed by atoms with Gasteiger partial charge in [-0.3, -0.25) is 0 Å². The highest BCUT2D eigenvalue weighted by atomic mass is 15.1. The Morgan fingerprint density at radius 1 is 0.545 bits per heavy atom. The fourth-order valence-electron chi connectivity index (χ4n) is 2.40. The molecular weight excluding hydrogens is 266 g/mol. The summed E-state index contributed by atoms with van der Waals surface area (Å²) in [5.74, 6) is 0. The highest BCUT2D eigenvalue weighted by Gasteiger charge is 2.12. The van der Waals surface area contributed by atoms with Crippen molar-refractivity contribution in [2.75, 3.05) is 4.90 Å². The van der Waals surface area contributed by atoms with Crippen LogP contribution < -0.4 is 4.90 Å². The molecule has 0 radical (unpaired) electrons. The van der Waals surface area contributed by atoms with Crippen molar-refractivity contribution in [2.24, 2.45) is 0 Å². The van der Waals surface area contributed by atoms with E-state index in [9.17, 15) is 0 Å². The predicted octanol–water partition coefficient (Wildman–Crippen LogP) is 6.49. The smallest absolute Gasteiger partial charge is 0.0490 e. The van der Waals surface area contributed by atoms with Crippen LogP contribution in [-0.4, -0.2) is 0 Å². The molecule has 3 aromatic rings. The van der Waals surface area contributed by atoms with Crippen LogP contribution in [0.1, 0.15) is 19.4 Å². The molecular formula is C21H23N. The summed E-state index contributed by atoms with van der Waals surface area (Å²) in [5.41, 5.74) is 4.83. The zero-order valence-corrected chi connectivity index (χ0v) is 13.5. The van der Waals surface area contributed by atoms with Crippen molar-refractivity contribution < 1.29 is 0 Å². The third-order valence-corrected chi connectivity index (χ3v) is 3.39. The lowest BCUT2D eigenvalue weighted by molar-refractivity contribution is 1.25. The van der Waals surface area contributed by atoms with Crippen LogP contribution in [0.3, 0.4) is 0 Å². The maximum absolute atomic E-state index is 2.29. The van der Waals surface area contributed by atoms with Crippen LogP contribution in [0.25, 0.3) is 0 Å². The van der Waals surface area contributed by atoms with E-state index in [0.29, 0.717) is 0 Å². The van der Waals surface area contributed by atoms with Crippen molar-refractivity contribution in [3.63, 3.8) is 0 Å². The van der Waals surface area contributed by atoms with Crippen molar-refractivity contribution in [2.45, 2.75) is 20.8 Å². The van der Waals surface area contributed by atoms with E-state index >= 15 is 0 Å². The number of anilines is 3. The first-order valence-corrected chi connectivity index (χ1v) is 7.82. The van der Waals surface area contributed by atoms with Crippen LogP contribution in [0.4, 0.5) is 17.1 Å². The first kappa shape index (κ1) is 15.8. The maximum atomic E-state index is 2.29. The molecule has 3 rings (SSSR count). The van der Waals surface area contributed by atoms with Gasteiger partial charge in [0.1, 0.15) is 0 Å². The van der Waals surface area contributed by atoms with Gasteiger partial charge in [-0.05, 0) is 42.8 Å². The lowest BCUT2D eigenvalue weighted by atomic mass is 10.1. The van der Waals surface area contributed by atoms with Gasteiger partial charge in [0, 0.05) is 17.1 Å². The minimum Gasteiger partial charge on any atom is -0.310 e. The van der Waals surface area contributed by atoms with Gasteiger partial charge in [0.25, 0.3) is 0 Å². The van der Waals surface area contributed by atoms with E-state index in [1.807, 2.05) is 26.0 Å². The molecule has 0 spiro atoms. The molecule has 22 heavy (non-hydrogen) atoms. The minimum atomic E-state index is 1.17. The topological polar surface area (TPSA) is 3.24 Å². The van der Waals surface area contributed by atoms with E-state index in [1.54, 1.807) is 0 Å². The molecule has 112 valence electrons. The van der Waals surface area contributed by atoms with Gasteiger partial charge in [0.05, 0.1) is 0 Å². The van der Waals surface area contributed by atoms with Gasteiger partial charge in [-0.25, -0.2) is 0 Å². The maximum Gasteiger partial charge on any atom is 0.0490 e. The van der Waals surface area contributed by atoms with Crippen molar-refractivity contribution in [1.29, 1.82) is 0 Å². The van der Waals surface area contributed by atoms with Gasteiger partial charge in [0.15, 0.2) is 0 Å². The van der Waals surface area contributed by atoms with Gasteiger partial charge in [-0.2, -0.15) is 0 Å². The summed E-state index contributed by atoms with van der Waals surface area (Å²) in [5, 5.41) is 0. The highest BCUT2D eigenvalue weighted by molar-refractivity contribution is 5.77. The van der Waals surface area contributed by atoms with Gasteiger partial charge < -0.3 is 4.90 Å². The molecule has 0 aromatic heterocycles. The van der Waals surface area contributed by atoms with Crippen molar-refractivity contribution >= 4 is 17.1 Å². The molecule has 3 aromatic carbocycles. The molecule has 0 amide bonds. The molecule has 0 saturated heterocycles. The second-order valence-corrected chi connectivity index (χ2v) is 4.79. The molecule has 0 aliphatic heterocycles. The van der Waals surface area contributed by atoms with Gasteiger partial charge >= 0.3 is 0 Å². The van der Waals surface area contributed by atoms with Crippen LogP contribution in [0.15, 0.2) is 84.9 Å². The molecule has 0 unspecified atom stereocenters. The molecule has 1 heteroatoms. The number of aryl methyl sites for hydroxylation is 1. The monoisotopic (exact) mass is 289 g/mol. The average molecular weight is 289 g/mol. The summed E-state index contributed by atoms with van der Waals surface area (Å²) in [7, 11) is 0. The molecule has 0 bridgehead atoms. The Kier molecular flexibility index (Phi) is 5.79. The molecule has 0 atom stereocenters. The zero-order valence-electron chi connectivity index (χ0n) is 13.5. The number of hydrogen-bond acceptors (Lipinski definition) is 1. The second kappa shape index (κ2) is 8.04. The SMILES string of the molecule is CC.Cc1ccccc1N(c1ccccc1)c1ccccc1. The van der Waals surface area contributed by atoms with E-state index in [-0.39, 0.29) is 0 Å². The number of hydrogen-bond donors (Lipinski definition) is 0. The van der Waals surface area contributed by atoms with Crippen LogP contribution in [0.2, 0.25) is 0 Å². The van der Waals surface area contributed by atoms with Gasteiger partial charge in [-0.15, -0.1) is 0 Å². The normalized spacial score (nSPS) is 9.59. The lowest BCUT2D eigenvalue weighted by Crippen LogP contribution is -2.10. The van der Waals surface area contributed by atoms with Crippen molar-refractivity contribution in [1.82, 2.24) is 0 Å². The standard InChI is InChI=1S/C19H17N.C2H6/c1-16-10-8-9-15-19(16)20(17-11-4-2-5-12-17)18-13-6-3-7-14-18;1-2/h2-15H,1H3;1-2H3. The number of para-hydroxylation sites is 3. The van der Waals surface area contributed by atoms with Crippen molar-refractivity contribution in [3.05, 3.63) is 90.5 Å².